The molecule has 1 heterocycles. The van der Waals surface area contributed by atoms with Crippen molar-refractivity contribution in [2.24, 2.45) is 18.7 Å². The molecule has 2 N–H and O–H groups in total. The Labute approximate surface area is 89.9 Å². The topological polar surface area (TPSA) is 43.8 Å². The van der Waals surface area contributed by atoms with Crippen LogP contribution in [0.4, 0.5) is 13.2 Å². The number of aromatic nitrogens is 2. The van der Waals surface area contributed by atoms with Crippen molar-refractivity contribution in [3.63, 3.8) is 0 Å². The van der Waals surface area contributed by atoms with Gasteiger partial charge in [-0.25, -0.2) is 4.98 Å². The second-order valence-corrected chi connectivity index (χ2v) is 4.09. The molecule has 0 bridgehead atoms. The average Bonchev–Trinajstić information content (AvgIpc) is 2.50. The Hall–Kier alpha value is -0.690. The van der Waals surface area contributed by atoms with Gasteiger partial charge in [0.25, 0.3) is 0 Å². The Kier molecular flexibility index (Phi) is 4.04. The van der Waals surface area contributed by atoms with Gasteiger partial charge in [-0.15, -0.1) is 0 Å². The summed E-state index contributed by atoms with van der Waals surface area (Å²) in [4.78, 5) is 3.92. The van der Waals surface area contributed by atoms with Crippen LogP contribution in [0.3, 0.4) is 0 Å². The molecule has 0 amide bonds. The van der Waals surface area contributed by atoms with Crippen LogP contribution in [0.15, 0.2) is 17.6 Å². The molecular weight excluding hydrogens is 227 g/mol. The van der Waals surface area contributed by atoms with E-state index in [0.717, 1.165) is 11.8 Å². The lowest BCUT2D eigenvalue weighted by atomic mass is 10.2. The molecule has 0 radical (unpaired) electrons. The molecule has 1 rings (SSSR count). The van der Waals surface area contributed by atoms with Gasteiger partial charge in [0.05, 0.1) is 5.92 Å². The van der Waals surface area contributed by atoms with E-state index in [1.165, 1.54) is 0 Å². The molecule has 0 aliphatic rings. The van der Waals surface area contributed by atoms with Crippen molar-refractivity contribution in [2.75, 3.05) is 12.3 Å². The predicted octanol–water partition coefficient (Wildman–Crippen LogP) is 1.65. The highest BCUT2D eigenvalue weighted by molar-refractivity contribution is 7.99. The van der Waals surface area contributed by atoms with Crippen LogP contribution in [0.5, 0.6) is 0 Å². The number of nitrogens with two attached hydrogens (primary N) is 1. The van der Waals surface area contributed by atoms with Crippen LogP contribution in [0, 0.1) is 5.92 Å². The highest BCUT2D eigenvalue weighted by Crippen LogP contribution is 2.30. The number of nitrogens with zero attached hydrogens (tertiary/aromatic N) is 2. The molecule has 1 unspecified atom stereocenters. The van der Waals surface area contributed by atoms with Crippen molar-refractivity contribution in [3.8, 4) is 0 Å². The first-order valence-electron chi connectivity index (χ1n) is 4.32. The first kappa shape index (κ1) is 12.4. The van der Waals surface area contributed by atoms with E-state index >= 15 is 0 Å². The minimum atomic E-state index is -4.23. The number of alkyl halides is 3. The van der Waals surface area contributed by atoms with Crippen LogP contribution < -0.4 is 5.73 Å². The van der Waals surface area contributed by atoms with E-state index < -0.39 is 12.1 Å². The number of hydrogen-bond acceptors (Lipinski definition) is 3. The Morgan fingerprint density at radius 2 is 2.27 bits per heavy atom. The first-order chi connectivity index (χ1) is 6.95. The van der Waals surface area contributed by atoms with E-state index in [1.807, 2.05) is 0 Å². The number of imidazole rings is 1. The van der Waals surface area contributed by atoms with Crippen LogP contribution in [0.25, 0.3) is 0 Å². The molecule has 0 spiro atoms. The van der Waals surface area contributed by atoms with Gasteiger partial charge in [-0.2, -0.15) is 13.2 Å². The molecule has 86 valence electrons. The first-order valence-corrected chi connectivity index (χ1v) is 5.30. The van der Waals surface area contributed by atoms with E-state index in [9.17, 15) is 13.2 Å². The fourth-order valence-electron chi connectivity index (χ4n) is 0.962. The van der Waals surface area contributed by atoms with E-state index in [4.69, 9.17) is 5.73 Å². The summed E-state index contributed by atoms with van der Waals surface area (Å²) in [5.74, 6) is -1.57. The summed E-state index contributed by atoms with van der Waals surface area (Å²) in [6.07, 6.45) is -0.992. The van der Waals surface area contributed by atoms with Gasteiger partial charge >= 0.3 is 6.18 Å². The standard InChI is InChI=1S/C8H12F3N3S/c1-14-3-2-13-7(14)15-5-6(4-12)8(9,10)11/h2-3,6H,4-5,12H2,1H3. The van der Waals surface area contributed by atoms with Crippen molar-refractivity contribution in [1.82, 2.24) is 9.55 Å². The zero-order valence-corrected chi connectivity index (χ0v) is 8.98. The Balaban J connectivity index is 2.52. The van der Waals surface area contributed by atoms with Crippen LogP contribution in [0.2, 0.25) is 0 Å². The summed E-state index contributed by atoms with van der Waals surface area (Å²) in [7, 11) is 1.74. The lowest BCUT2D eigenvalue weighted by molar-refractivity contribution is -0.165. The third kappa shape index (κ3) is 3.42. The minimum Gasteiger partial charge on any atom is -0.330 e. The van der Waals surface area contributed by atoms with Crippen molar-refractivity contribution < 1.29 is 13.2 Å². The highest BCUT2D eigenvalue weighted by Gasteiger charge is 2.38. The molecular formula is C8H12F3N3S. The van der Waals surface area contributed by atoms with Crippen molar-refractivity contribution >= 4 is 11.8 Å². The fraction of sp³-hybridized carbons (Fsp3) is 0.625. The van der Waals surface area contributed by atoms with Gasteiger partial charge < -0.3 is 10.3 Å². The minimum absolute atomic E-state index is 0.0924. The van der Waals surface area contributed by atoms with Crippen LogP contribution in [-0.4, -0.2) is 28.0 Å². The van der Waals surface area contributed by atoms with Gasteiger partial charge in [0.1, 0.15) is 0 Å². The molecule has 3 nitrogen and oxygen atoms in total. The predicted molar refractivity (Wildman–Crippen MR) is 52.5 cm³/mol. The van der Waals surface area contributed by atoms with Gasteiger partial charge in [0.15, 0.2) is 5.16 Å². The molecule has 0 aromatic carbocycles. The van der Waals surface area contributed by atoms with Crippen LogP contribution in [0.1, 0.15) is 0 Å². The van der Waals surface area contributed by atoms with E-state index in [-0.39, 0.29) is 12.3 Å². The van der Waals surface area contributed by atoms with E-state index in [2.05, 4.69) is 4.98 Å². The molecule has 0 saturated heterocycles. The van der Waals surface area contributed by atoms with Crippen LogP contribution in [-0.2, 0) is 7.05 Å². The van der Waals surface area contributed by atoms with E-state index in [0.29, 0.717) is 5.16 Å². The van der Waals surface area contributed by atoms with Crippen molar-refractivity contribution in [2.45, 2.75) is 11.3 Å². The monoisotopic (exact) mass is 239 g/mol. The molecule has 1 atom stereocenters. The third-order valence-electron chi connectivity index (χ3n) is 1.94. The van der Waals surface area contributed by atoms with Gasteiger partial charge in [0.2, 0.25) is 0 Å². The van der Waals surface area contributed by atoms with Crippen molar-refractivity contribution in [3.05, 3.63) is 12.4 Å². The Bertz CT molecular complexity index is 310. The zero-order valence-electron chi connectivity index (χ0n) is 8.16. The van der Waals surface area contributed by atoms with E-state index in [1.54, 1.807) is 24.0 Å². The third-order valence-corrected chi connectivity index (χ3v) is 3.16. The largest absolute Gasteiger partial charge is 0.393 e. The molecule has 15 heavy (non-hydrogen) atoms. The number of rotatable bonds is 4. The lowest BCUT2D eigenvalue weighted by Crippen LogP contribution is -2.32. The molecule has 0 saturated carbocycles. The molecule has 7 heteroatoms. The average molecular weight is 239 g/mol. The normalized spacial score (nSPS) is 14.2. The Morgan fingerprint density at radius 3 is 2.67 bits per heavy atom. The molecule has 0 aliphatic heterocycles. The maximum atomic E-state index is 12.3. The number of halogens is 3. The summed E-state index contributed by atoms with van der Waals surface area (Å²) < 4.78 is 38.7. The lowest BCUT2D eigenvalue weighted by Gasteiger charge is -2.17. The summed E-state index contributed by atoms with van der Waals surface area (Å²) >= 11 is 1.07. The highest BCUT2D eigenvalue weighted by atomic mass is 32.2. The molecule has 1 aromatic heterocycles. The van der Waals surface area contributed by atoms with Gasteiger partial charge in [-0.05, 0) is 0 Å². The maximum absolute atomic E-state index is 12.3. The molecule has 0 aliphatic carbocycles. The second kappa shape index (κ2) is 4.89. The quantitative estimate of drug-likeness (QED) is 0.812. The SMILES string of the molecule is Cn1ccnc1SCC(CN)C(F)(F)F. The van der Waals surface area contributed by atoms with Crippen molar-refractivity contribution in [1.29, 1.82) is 0 Å². The van der Waals surface area contributed by atoms with Crippen LogP contribution >= 0.6 is 11.8 Å². The number of aryl methyl sites for hydroxylation is 1. The van der Waals surface area contributed by atoms with Gasteiger partial charge in [0, 0.05) is 31.7 Å². The van der Waals surface area contributed by atoms with Gasteiger partial charge in [-0.3, -0.25) is 0 Å². The number of thioether (sulfide) groups is 1. The summed E-state index contributed by atoms with van der Waals surface area (Å²) in [5, 5.41) is 0.567. The summed E-state index contributed by atoms with van der Waals surface area (Å²) in [5.41, 5.74) is 5.08. The summed E-state index contributed by atoms with van der Waals surface area (Å²) in [6, 6.07) is 0. The van der Waals surface area contributed by atoms with Gasteiger partial charge in [-0.1, -0.05) is 11.8 Å². The molecule has 1 aromatic rings. The Morgan fingerprint density at radius 1 is 1.60 bits per heavy atom. The summed E-state index contributed by atoms with van der Waals surface area (Å²) in [6.45, 7) is -0.388. The molecule has 0 fully saturated rings. The fourth-order valence-corrected chi connectivity index (χ4v) is 2.04. The zero-order chi connectivity index (χ0) is 11.5. The second-order valence-electron chi connectivity index (χ2n) is 3.11. The number of hydrogen-bond donors (Lipinski definition) is 1. The maximum Gasteiger partial charge on any atom is 0.393 e. The smallest absolute Gasteiger partial charge is 0.330 e.